The molecule has 110 valence electrons. The third kappa shape index (κ3) is 4.11. The lowest BCUT2D eigenvalue weighted by molar-refractivity contribution is -0.380. The molecular formula is C14H15N3O3S. The average molecular weight is 305 g/mol. The number of thiophene rings is 1. The van der Waals surface area contributed by atoms with Crippen molar-refractivity contribution in [2.75, 3.05) is 6.54 Å². The van der Waals surface area contributed by atoms with Gasteiger partial charge in [-0.1, -0.05) is 35.6 Å². The maximum absolute atomic E-state index is 11.9. The molecule has 1 amide bonds. The number of amides is 1. The molecule has 7 heteroatoms. The van der Waals surface area contributed by atoms with Gasteiger partial charge in [0.05, 0.1) is 9.80 Å². The van der Waals surface area contributed by atoms with Crippen LogP contribution in [0, 0.1) is 10.1 Å². The number of hydrogen-bond donors (Lipinski definition) is 2. The van der Waals surface area contributed by atoms with E-state index in [0.29, 0.717) is 18.0 Å². The minimum Gasteiger partial charge on any atom is -0.347 e. The van der Waals surface area contributed by atoms with Crippen molar-refractivity contribution >= 4 is 22.2 Å². The van der Waals surface area contributed by atoms with Crippen LogP contribution in [0.3, 0.4) is 0 Å². The molecule has 0 fully saturated rings. The Kier molecular flexibility index (Phi) is 5.02. The smallest absolute Gasteiger partial charge is 0.324 e. The maximum atomic E-state index is 11.9. The van der Waals surface area contributed by atoms with Crippen molar-refractivity contribution in [2.45, 2.75) is 13.0 Å². The molecule has 6 nitrogen and oxygen atoms in total. The summed E-state index contributed by atoms with van der Waals surface area (Å²) in [5, 5.41) is 13.3. The summed E-state index contributed by atoms with van der Waals surface area (Å²) in [7, 11) is 0. The van der Waals surface area contributed by atoms with E-state index in [1.807, 2.05) is 24.3 Å². The SMILES string of the molecule is NCCc1ccc(CNC(=O)c2ccc([N+](=O)[O-])s2)cc1. The Hall–Kier alpha value is -2.25. The van der Waals surface area contributed by atoms with E-state index in [9.17, 15) is 14.9 Å². The standard InChI is InChI=1S/C14H15N3O3S/c15-8-7-10-1-3-11(4-2-10)9-16-14(18)12-5-6-13(21-12)17(19)20/h1-6H,7-9,15H2,(H,16,18). The van der Waals surface area contributed by atoms with Gasteiger partial charge in [-0.25, -0.2) is 0 Å². The summed E-state index contributed by atoms with van der Waals surface area (Å²) in [6, 6.07) is 10.6. The molecule has 1 aromatic carbocycles. The first-order valence-corrected chi connectivity index (χ1v) is 7.22. The largest absolute Gasteiger partial charge is 0.347 e. The fraction of sp³-hybridized carbons (Fsp3) is 0.214. The minimum atomic E-state index is -0.502. The first-order chi connectivity index (χ1) is 10.1. The van der Waals surface area contributed by atoms with Crippen LogP contribution in [0.5, 0.6) is 0 Å². The third-order valence-electron chi connectivity index (χ3n) is 2.90. The molecule has 0 saturated heterocycles. The lowest BCUT2D eigenvalue weighted by Gasteiger charge is -2.05. The van der Waals surface area contributed by atoms with Gasteiger partial charge in [0.2, 0.25) is 0 Å². The topological polar surface area (TPSA) is 98.3 Å². The summed E-state index contributed by atoms with van der Waals surface area (Å²) < 4.78 is 0. The van der Waals surface area contributed by atoms with Crippen LogP contribution in [-0.4, -0.2) is 17.4 Å². The van der Waals surface area contributed by atoms with E-state index < -0.39 is 4.92 Å². The highest BCUT2D eigenvalue weighted by atomic mass is 32.1. The van der Waals surface area contributed by atoms with Crippen LogP contribution in [0.4, 0.5) is 5.00 Å². The fourth-order valence-electron chi connectivity index (χ4n) is 1.81. The van der Waals surface area contributed by atoms with Crippen LogP contribution in [0.2, 0.25) is 0 Å². The van der Waals surface area contributed by atoms with Gasteiger partial charge < -0.3 is 11.1 Å². The Morgan fingerprint density at radius 3 is 2.43 bits per heavy atom. The van der Waals surface area contributed by atoms with E-state index >= 15 is 0 Å². The van der Waals surface area contributed by atoms with Crippen molar-refractivity contribution in [3.63, 3.8) is 0 Å². The predicted octanol–water partition coefficient (Wildman–Crippen LogP) is 2.09. The van der Waals surface area contributed by atoms with Gasteiger partial charge in [0.1, 0.15) is 0 Å². The molecule has 3 N–H and O–H groups in total. The van der Waals surface area contributed by atoms with Gasteiger partial charge in [-0.15, -0.1) is 0 Å². The monoisotopic (exact) mass is 305 g/mol. The minimum absolute atomic E-state index is 0.0358. The Bertz CT molecular complexity index is 637. The van der Waals surface area contributed by atoms with Crippen LogP contribution in [-0.2, 0) is 13.0 Å². The van der Waals surface area contributed by atoms with Crippen molar-refractivity contribution < 1.29 is 9.72 Å². The summed E-state index contributed by atoms with van der Waals surface area (Å²) >= 11 is 0.868. The zero-order valence-electron chi connectivity index (χ0n) is 11.2. The fourth-order valence-corrected chi connectivity index (χ4v) is 2.54. The zero-order chi connectivity index (χ0) is 15.2. The Labute approximate surface area is 125 Å². The quantitative estimate of drug-likeness (QED) is 0.630. The summed E-state index contributed by atoms with van der Waals surface area (Å²) in [5.74, 6) is -0.306. The summed E-state index contributed by atoms with van der Waals surface area (Å²) in [5.41, 5.74) is 7.60. The summed E-state index contributed by atoms with van der Waals surface area (Å²) in [6.07, 6.45) is 0.825. The molecule has 0 aliphatic carbocycles. The molecule has 0 radical (unpaired) electrons. The highest BCUT2D eigenvalue weighted by Crippen LogP contribution is 2.23. The molecule has 2 aromatic rings. The Morgan fingerprint density at radius 1 is 1.19 bits per heavy atom. The number of carbonyl (C=O) groups excluding carboxylic acids is 1. The number of carbonyl (C=O) groups is 1. The number of hydrogen-bond acceptors (Lipinski definition) is 5. The number of benzene rings is 1. The summed E-state index contributed by atoms with van der Waals surface area (Å²) in [4.78, 5) is 22.3. The number of nitrogens with two attached hydrogens (primary N) is 1. The lowest BCUT2D eigenvalue weighted by atomic mass is 10.1. The number of nitrogens with one attached hydrogen (secondary N) is 1. The van der Waals surface area contributed by atoms with Gasteiger partial charge in [-0.3, -0.25) is 14.9 Å². The van der Waals surface area contributed by atoms with E-state index in [2.05, 4.69) is 5.32 Å². The number of nitrogens with zero attached hydrogens (tertiary/aromatic N) is 1. The van der Waals surface area contributed by atoms with Crippen molar-refractivity contribution in [3.05, 3.63) is 62.5 Å². The van der Waals surface area contributed by atoms with Crippen molar-refractivity contribution in [3.8, 4) is 0 Å². The molecule has 0 atom stereocenters. The van der Waals surface area contributed by atoms with E-state index in [1.54, 1.807) is 0 Å². The van der Waals surface area contributed by atoms with E-state index in [1.165, 1.54) is 12.1 Å². The molecule has 21 heavy (non-hydrogen) atoms. The second-order valence-corrected chi connectivity index (χ2v) is 5.50. The average Bonchev–Trinajstić information content (AvgIpc) is 2.97. The molecule has 0 bridgehead atoms. The molecule has 0 spiro atoms. The van der Waals surface area contributed by atoms with Crippen LogP contribution in [0.15, 0.2) is 36.4 Å². The Morgan fingerprint density at radius 2 is 1.86 bits per heavy atom. The van der Waals surface area contributed by atoms with Crippen LogP contribution in [0.1, 0.15) is 20.8 Å². The van der Waals surface area contributed by atoms with E-state index in [0.717, 1.165) is 28.9 Å². The number of rotatable bonds is 6. The van der Waals surface area contributed by atoms with Gasteiger partial charge in [-0.05, 0) is 30.2 Å². The van der Waals surface area contributed by atoms with Gasteiger partial charge in [0.25, 0.3) is 5.91 Å². The van der Waals surface area contributed by atoms with Crippen molar-refractivity contribution in [2.24, 2.45) is 5.73 Å². The predicted molar refractivity (Wildman–Crippen MR) is 81.3 cm³/mol. The van der Waals surface area contributed by atoms with Gasteiger partial charge in [-0.2, -0.15) is 0 Å². The van der Waals surface area contributed by atoms with Crippen molar-refractivity contribution in [1.82, 2.24) is 5.32 Å². The van der Waals surface area contributed by atoms with Crippen molar-refractivity contribution in [1.29, 1.82) is 0 Å². The van der Waals surface area contributed by atoms with E-state index in [4.69, 9.17) is 5.73 Å². The lowest BCUT2D eigenvalue weighted by Crippen LogP contribution is -2.21. The molecule has 1 heterocycles. The molecule has 1 aromatic heterocycles. The van der Waals surface area contributed by atoms with Gasteiger partial charge in [0.15, 0.2) is 0 Å². The van der Waals surface area contributed by atoms with Crippen LogP contribution < -0.4 is 11.1 Å². The van der Waals surface area contributed by atoms with E-state index in [-0.39, 0.29) is 10.9 Å². The molecule has 2 rings (SSSR count). The van der Waals surface area contributed by atoms with Gasteiger partial charge >= 0.3 is 5.00 Å². The molecule has 0 aliphatic rings. The maximum Gasteiger partial charge on any atom is 0.324 e. The first-order valence-electron chi connectivity index (χ1n) is 6.40. The number of nitro groups is 1. The molecule has 0 aliphatic heterocycles. The zero-order valence-corrected chi connectivity index (χ0v) is 12.1. The molecular weight excluding hydrogens is 290 g/mol. The van der Waals surface area contributed by atoms with Gasteiger partial charge in [0, 0.05) is 12.6 Å². The molecule has 0 saturated carbocycles. The second kappa shape index (κ2) is 6.96. The third-order valence-corrected chi connectivity index (χ3v) is 3.94. The molecule has 0 unspecified atom stereocenters. The van der Waals surface area contributed by atoms with Crippen LogP contribution >= 0.6 is 11.3 Å². The van der Waals surface area contributed by atoms with Crippen LogP contribution in [0.25, 0.3) is 0 Å². The Balaban J connectivity index is 1.92. The normalized spacial score (nSPS) is 10.3. The highest BCUT2D eigenvalue weighted by Gasteiger charge is 2.14. The highest BCUT2D eigenvalue weighted by molar-refractivity contribution is 7.17. The second-order valence-electron chi connectivity index (χ2n) is 4.43. The first kappa shape index (κ1) is 15.1. The summed E-state index contributed by atoms with van der Waals surface area (Å²) in [6.45, 7) is 0.987.